The van der Waals surface area contributed by atoms with Gasteiger partial charge in [-0.2, -0.15) is 4.68 Å². The van der Waals surface area contributed by atoms with E-state index in [0.717, 1.165) is 47.2 Å². The molecule has 2 heterocycles. The summed E-state index contributed by atoms with van der Waals surface area (Å²) < 4.78 is 1.22. The molecular weight excluding hydrogens is 384 g/mol. The molecule has 2 atom stereocenters. The van der Waals surface area contributed by atoms with Crippen molar-refractivity contribution < 1.29 is 4.79 Å². The molecule has 1 N–H and O–H groups in total. The zero-order valence-electron chi connectivity index (χ0n) is 17.5. The lowest BCUT2D eigenvalue weighted by Gasteiger charge is -2.18. The SMILES string of the molecule is Cc1cc(C)c(NC(=O)[C@@H](C)n2nnc3sc4c(c3c2=O)CC[C@H](C)C4)c(C)c1. The average molecular weight is 411 g/mol. The quantitative estimate of drug-likeness (QED) is 0.705. The first-order valence-electron chi connectivity index (χ1n) is 10.0. The molecule has 6 nitrogen and oxygen atoms in total. The molecule has 1 amide bonds. The Hall–Kier alpha value is -2.54. The van der Waals surface area contributed by atoms with Crippen molar-refractivity contribution in [2.75, 3.05) is 5.32 Å². The van der Waals surface area contributed by atoms with E-state index in [-0.39, 0.29) is 11.5 Å². The van der Waals surface area contributed by atoms with Gasteiger partial charge >= 0.3 is 0 Å². The van der Waals surface area contributed by atoms with E-state index >= 15 is 0 Å². The van der Waals surface area contributed by atoms with Gasteiger partial charge in [0, 0.05) is 10.6 Å². The van der Waals surface area contributed by atoms with E-state index in [4.69, 9.17) is 0 Å². The van der Waals surface area contributed by atoms with Crippen molar-refractivity contribution in [3.8, 4) is 0 Å². The highest BCUT2D eigenvalue weighted by molar-refractivity contribution is 7.18. The zero-order valence-corrected chi connectivity index (χ0v) is 18.3. The maximum Gasteiger partial charge on any atom is 0.279 e. The standard InChI is InChI=1S/C22H26N4O2S/c1-11-6-7-16-17(10-11)29-21-18(16)22(28)26(25-24-21)15(5)20(27)23-19-13(3)8-12(2)9-14(19)4/h8-9,11,15H,6-7,10H2,1-5H3,(H,23,27)/t11-,15+/m0/s1. The molecule has 3 aromatic rings. The minimum Gasteiger partial charge on any atom is -0.324 e. The van der Waals surface area contributed by atoms with Crippen LogP contribution in [0.5, 0.6) is 0 Å². The smallest absolute Gasteiger partial charge is 0.279 e. The zero-order chi connectivity index (χ0) is 20.9. The summed E-state index contributed by atoms with van der Waals surface area (Å²) in [6.07, 6.45) is 2.94. The summed E-state index contributed by atoms with van der Waals surface area (Å²) in [5, 5.41) is 12.0. The third kappa shape index (κ3) is 3.48. The van der Waals surface area contributed by atoms with Crippen molar-refractivity contribution in [3.63, 3.8) is 0 Å². The minimum absolute atomic E-state index is 0.220. The predicted molar refractivity (Wildman–Crippen MR) is 117 cm³/mol. The molecule has 1 aromatic carbocycles. The van der Waals surface area contributed by atoms with E-state index in [1.54, 1.807) is 18.3 Å². The number of fused-ring (bicyclic) bond motifs is 3. The van der Waals surface area contributed by atoms with Gasteiger partial charge in [-0.15, -0.1) is 16.4 Å². The number of nitrogens with zero attached hydrogens (tertiary/aromatic N) is 3. The van der Waals surface area contributed by atoms with Crippen LogP contribution in [0.15, 0.2) is 16.9 Å². The molecule has 0 bridgehead atoms. The molecule has 4 rings (SSSR count). The van der Waals surface area contributed by atoms with Gasteiger partial charge in [-0.1, -0.05) is 29.8 Å². The molecule has 0 aliphatic heterocycles. The average Bonchev–Trinajstić information content (AvgIpc) is 3.02. The number of anilines is 1. The van der Waals surface area contributed by atoms with Crippen molar-refractivity contribution in [2.24, 2.45) is 5.92 Å². The second kappa shape index (κ2) is 7.37. The van der Waals surface area contributed by atoms with Crippen LogP contribution in [0.3, 0.4) is 0 Å². The third-order valence-corrected chi connectivity index (χ3v) is 6.96. The van der Waals surface area contributed by atoms with Gasteiger partial charge in [-0.3, -0.25) is 9.59 Å². The van der Waals surface area contributed by atoms with Gasteiger partial charge in [0.15, 0.2) is 4.83 Å². The molecule has 7 heteroatoms. The Morgan fingerprint density at radius 2 is 1.97 bits per heavy atom. The maximum absolute atomic E-state index is 13.2. The van der Waals surface area contributed by atoms with Gasteiger partial charge in [-0.25, -0.2) is 0 Å². The van der Waals surface area contributed by atoms with Crippen molar-refractivity contribution in [2.45, 2.75) is 59.9 Å². The highest BCUT2D eigenvalue weighted by Crippen LogP contribution is 2.35. The molecule has 152 valence electrons. The third-order valence-electron chi connectivity index (χ3n) is 5.82. The highest BCUT2D eigenvalue weighted by atomic mass is 32.1. The summed E-state index contributed by atoms with van der Waals surface area (Å²) in [5.74, 6) is 0.352. The predicted octanol–water partition coefficient (Wildman–Crippen LogP) is 4.10. The fourth-order valence-corrected chi connectivity index (χ4v) is 5.56. The molecule has 0 unspecified atom stereocenters. The number of carbonyl (C=O) groups is 1. The molecule has 0 spiro atoms. The van der Waals surface area contributed by atoms with E-state index in [2.05, 4.69) is 22.6 Å². The number of rotatable bonds is 3. The summed E-state index contributed by atoms with van der Waals surface area (Å²) in [5.41, 5.74) is 4.82. The van der Waals surface area contributed by atoms with Crippen LogP contribution in [0.1, 0.15) is 53.4 Å². The lowest BCUT2D eigenvalue weighted by Crippen LogP contribution is -2.34. The van der Waals surface area contributed by atoms with Crippen molar-refractivity contribution in [3.05, 3.63) is 49.6 Å². The Morgan fingerprint density at radius 1 is 1.28 bits per heavy atom. The molecule has 1 aliphatic rings. The summed E-state index contributed by atoms with van der Waals surface area (Å²) in [4.78, 5) is 28.1. The Morgan fingerprint density at radius 3 is 2.66 bits per heavy atom. The van der Waals surface area contributed by atoms with Gasteiger partial charge in [0.2, 0.25) is 5.91 Å². The van der Waals surface area contributed by atoms with Gasteiger partial charge in [0.25, 0.3) is 5.56 Å². The molecule has 0 saturated heterocycles. The molecule has 0 fully saturated rings. The number of hydrogen-bond acceptors (Lipinski definition) is 5. The maximum atomic E-state index is 13.2. The Labute approximate surface area is 173 Å². The van der Waals surface area contributed by atoms with E-state index in [1.165, 1.54) is 9.56 Å². The number of amides is 1. The second-order valence-electron chi connectivity index (χ2n) is 8.31. The van der Waals surface area contributed by atoms with Gasteiger partial charge in [-0.05, 0) is 69.6 Å². The number of carbonyl (C=O) groups excluding carboxylic acids is 1. The van der Waals surface area contributed by atoms with Gasteiger partial charge in [0.05, 0.1) is 5.39 Å². The molecule has 29 heavy (non-hydrogen) atoms. The van der Waals surface area contributed by atoms with Crippen LogP contribution in [-0.4, -0.2) is 20.9 Å². The Bertz CT molecular complexity index is 1150. The summed E-state index contributed by atoms with van der Waals surface area (Å²) in [6, 6.07) is 3.31. The van der Waals surface area contributed by atoms with Crippen LogP contribution in [0.2, 0.25) is 0 Å². The topological polar surface area (TPSA) is 76.9 Å². The number of benzene rings is 1. The summed E-state index contributed by atoms with van der Waals surface area (Å²) in [7, 11) is 0. The second-order valence-corrected chi connectivity index (χ2v) is 9.39. The molecule has 0 radical (unpaired) electrons. The normalized spacial score (nSPS) is 17.2. The lowest BCUT2D eigenvalue weighted by molar-refractivity contribution is -0.119. The number of aryl methyl sites for hydroxylation is 4. The van der Waals surface area contributed by atoms with Crippen LogP contribution >= 0.6 is 11.3 Å². The number of aromatic nitrogens is 3. The van der Waals surface area contributed by atoms with Crippen molar-refractivity contribution in [1.82, 2.24) is 15.0 Å². The molecule has 1 aliphatic carbocycles. The molecule has 2 aromatic heterocycles. The first-order chi connectivity index (χ1) is 13.8. The highest BCUT2D eigenvalue weighted by Gasteiger charge is 2.26. The monoisotopic (exact) mass is 410 g/mol. The van der Waals surface area contributed by atoms with E-state index < -0.39 is 6.04 Å². The first kappa shape index (κ1) is 19.8. The largest absolute Gasteiger partial charge is 0.324 e. The van der Waals surface area contributed by atoms with Crippen LogP contribution in [0.4, 0.5) is 5.69 Å². The van der Waals surface area contributed by atoms with E-state index in [9.17, 15) is 9.59 Å². The summed E-state index contributed by atoms with van der Waals surface area (Å²) in [6.45, 7) is 9.89. The van der Waals surface area contributed by atoms with Crippen LogP contribution in [0, 0.1) is 26.7 Å². The van der Waals surface area contributed by atoms with Crippen LogP contribution in [0.25, 0.3) is 10.2 Å². The minimum atomic E-state index is -0.752. The summed E-state index contributed by atoms with van der Waals surface area (Å²) >= 11 is 1.57. The van der Waals surface area contributed by atoms with Gasteiger partial charge in [0.1, 0.15) is 6.04 Å². The van der Waals surface area contributed by atoms with E-state index in [0.29, 0.717) is 16.1 Å². The molecular formula is C22H26N4O2S. The number of thiophene rings is 1. The fourth-order valence-electron chi connectivity index (χ4n) is 4.24. The first-order valence-corrected chi connectivity index (χ1v) is 10.9. The van der Waals surface area contributed by atoms with E-state index in [1.807, 2.05) is 32.9 Å². The Balaban J connectivity index is 1.69. The molecule has 0 saturated carbocycles. The number of hydrogen-bond donors (Lipinski definition) is 1. The fraction of sp³-hybridized carbons (Fsp3) is 0.455. The lowest BCUT2D eigenvalue weighted by atomic mass is 9.89. The number of nitrogens with one attached hydrogen (secondary N) is 1. The van der Waals surface area contributed by atoms with Gasteiger partial charge < -0.3 is 5.32 Å². The Kier molecular flexibility index (Phi) is 5.02. The van der Waals surface area contributed by atoms with Crippen LogP contribution in [-0.2, 0) is 17.6 Å². The van der Waals surface area contributed by atoms with Crippen molar-refractivity contribution in [1.29, 1.82) is 0 Å². The van der Waals surface area contributed by atoms with Crippen LogP contribution < -0.4 is 10.9 Å². The van der Waals surface area contributed by atoms with Crippen molar-refractivity contribution >= 4 is 33.1 Å².